The second-order valence-electron chi connectivity index (χ2n) is 4.12. The van der Waals surface area contributed by atoms with Gasteiger partial charge in [0.2, 0.25) is 0 Å². The summed E-state index contributed by atoms with van der Waals surface area (Å²) in [6.07, 6.45) is 1.58. The van der Waals surface area contributed by atoms with Crippen molar-refractivity contribution in [3.63, 3.8) is 0 Å². The van der Waals surface area contributed by atoms with Crippen LogP contribution in [-0.2, 0) is 16.1 Å². The zero-order valence-electron chi connectivity index (χ0n) is 10.1. The molecule has 2 rings (SSSR count). The lowest BCUT2D eigenvalue weighted by Gasteiger charge is -2.22. The zero-order chi connectivity index (χ0) is 11.9. The Kier molecular flexibility index (Phi) is 6.54. The Morgan fingerprint density at radius 2 is 2.17 bits per heavy atom. The van der Waals surface area contributed by atoms with E-state index in [1.165, 1.54) is 0 Å². The Bertz CT molecular complexity index is 353. The van der Waals surface area contributed by atoms with Crippen LogP contribution in [0.5, 0.6) is 0 Å². The van der Waals surface area contributed by atoms with E-state index in [9.17, 15) is 4.79 Å². The highest BCUT2D eigenvalue weighted by Crippen LogP contribution is 2.06. The molecule has 1 N–H and O–H groups in total. The summed E-state index contributed by atoms with van der Waals surface area (Å²) < 4.78 is 10.4. The standard InChI is InChI=1S/C13H17NO3.ClH/c15-13(14-12-7-4-8-16-10-12)17-9-11-5-2-1-3-6-11;/h1-3,5-6,12H,4,7-10H2,(H,14,15);1H. The van der Waals surface area contributed by atoms with Crippen LogP contribution < -0.4 is 5.32 Å². The minimum Gasteiger partial charge on any atom is -0.445 e. The van der Waals surface area contributed by atoms with E-state index < -0.39 is 0 Å². The molecule has 1 amide bonds. The highest BCUT2D eigenvalue weighted by Gasteiger charge is 2.16. The van der Waals surface area contributed by atoms with Crippen molar-refractivity contribution in [1.29, 1.82) is 0 Å². The topological polar surface area (TPSA) is 47.6 Å². The normalized spacial score (nSPS) is 18.6. The summed E-state index contributed by atoms with van der Waals surface area (Å²) in [4.78, 5) is 11.5. The molecule has 4 nitrogen and oxygen atoms in total. The molecule has 0 saturated carbocycles. The number of benzene rings is 1. The maximum absolute atomic E-state index is 11.5. The van der Waals surface area contributed by atoms with E-state index in [4.69, 9.17) is 9.47 Å². The monoisotopic (exact) mass is 271 g/mol. The van der Waals surface area contributed by atoms with Gasteiger partial charge in [0.1, 0.15) is 6.61 Å². The lowest BCUT2D eigenvalue weighted by molar-refractivity contribution is 0.0642. The lowest BCUT2D eigenvalue weighted by atomic mass is 10.1. The van der Waals surface area contributed by atoms with Gasteiger partial charge in [0.15, 0.2) is 0 Å². The molecule has 1 aromatic rings. The molecule has 1 aromatic carbocycles. The van der Waals surface area contributed by atoms with Crippen molar-refractivity contribution in [3.05, 3.63) is 35.9 Å². The second kappa shape index (κ2) is 7.95. The number of nitrogens with one attached hydrogen (secondary N) is 1. The van der Waals surface area contributed by atoms with Gasteiger partial charge in [0, 0.05) is 6.61 Å². The van der Waals surface area contributed by atoms with Gasteiger partial charge >= 0.3 is 6.09 Å². The molecule has 5 heteroatoms. The van der Waals surface area contributed by atoms with Gasteiger partial charge in [0.25, 0.3) is 0 Å². The maximum atomic E-state index is 11.5. The third-order valence-electron chi connectivity index (χ3n) is 2.70. The van der Waals surface area contributed by atoms with Gasteiger partial charge < -0.3 is 14.8 Å². The first kappa shape index (κ1) is 14.8. The van der Waals surface area contributed by atoms with Crippen LogP contribution in [0.25, 0.3) is 0 Å². The van der Waals surface area contributed by atoms with Crippen molar-refractivity contribution in [2.24, 2.45) is 0 Å². The smallest absolute Gasteiger partial charge is 0.407 e. The van der Waals surface area contributed by atoms with E-state index in [0.29, 0.717) is 13.2 Å². The first-order valence-electron chi connectivity index (χ1n) is 5.89. The van der Waals surface area contributed by atoms with Gasteiger partial charge in [-0.15, -0.1) is 12.4 Å². The molecular weight excluding hydrogens is 254 g/mol. The Balaban J connectivity index is 0.00000162. The molecule has 100 valence electrons. The van der Waals surface area contributed by atoms with Gasteiger partial charge in [-0.1, -0.05) is 30.3 Å². The SMILES string of the molecule is Cl.O=C(NC1CCCOC1)OCc1ccccc1. The number of ether oxygens (including phenoxy) is 2. The Morgan fingerprint density at radius 1 is 1.39 bits per heavy atom. The van der Waals surface area contributed by atoms with Crippen LogP contribution in [0.3, 0.4) is 0 Å². The van der Waals surface area contributed by atoms with Crippen LogP contribution in [0.1, 0.15) is 18.4 Å². The van der Waals surface area contributed by atoms with Gasteiger partial charge in [-0.3, -0.25) is 0 Å². The average molecular weight is 272 g/mol. The molecule has 1 aliphatic heterocycles. The minimum atomic E-state index is -0.371. The molecule has 1 heterocycles. The minimum absolute atomic E-state index is 0. The van der Waals surface area contributed by atoms with Crippen molar-refractivity contribution in [2.45, 2.75) is 25.5 Å². The summed E-state index contributed by atoms with van der Waals surface area (Å²) in [6, 6.07) is 9.72. The number of rotatable bonds is 3. The van der Waals surface area contributed by atoms with Crippen molar-refractivity contribution in [3.8, 4) is 0 Å². The van der Waals surface area contributed by atoms with Crippen LogP contribution in [0.4, 0.5) is 4.79 Å². The van der Waals surface area contributed by atoms with Gasteiger partial charge in [-0.25, -0.2) is 4.79 Å². The third kappa shape index (κ3) is 4.94. The summed E-state index contributed by atoms with van der Waals surface area (Å²) >= 11 is 0. The summed E-state index contributed by atoms with van der Waals surface area (Å²) in [5, 5.41) is 2.80. The number of hydrogen-bond acceptors (Lipinski definition) is 3. The van der Waals surface area contributed by atoms with E-state index in [0.717, 1.165) is 25.0 Å². The molecule has 0 bridgehead atoms. The molecule has 18 heavy (non-hydrogen) atoms. The predicted octanol–water partition coefficient (Wildman–Crippen LogP) is 2.51. The van der Waals surface area contributed by atoms with Crippen molar-refractivity contribution >= 4 is 18.5 Å². The van der Waals surface area contributed by atoms with Gasteiger partial charge in [0.05, 0.1) is 12.6 Å². The quantitative estimate of drug-likeness (QED) is 0.919. The van der Waals surface area contributed by atoms with Crippen molar-refractivity contribution in [2.75, 3.05) is 13.2 Å². The molecule has 1 fully saturated rings. The number of alkyl carbamates (subject to hydrolysis) is 1. The summed E-state index contributed by atoms with van der Waals surface area (Å²) in [5.41, 5.74) is 0.988. The van der Waals surface area contributed by atoms with Gasteiger partial charge in [-0.2, -0.15) is 0 Å². The Morgan fingerprint density at radius 3 is 2.83 bits per heavy atom. The molecule has 0 aromatic heterocycles. The highest BCUT2D eigenvalue weighted by atomic mass is 35.5. The summed E-state index contributed by atoms with van der Waals surface area (Å²) in [7, 11) is 0. The maximum Gasteiger partial charge on any atom is 0.407 e. The number of hydrogen-bond donors (Lipinski definition) is 1. The molecule has 0 radical (unpaired) electrons. The fraction of sp³-hybridized carbons (Fsp3) is 0.462. The van der Waals surface area contributed by atoms with Gasteiger partial charge in [-0.05, 0) is 18.4 Å². The molecule has 1 aliphatic rings. The predicted molar refractivity (Wildman–Crippen MR) is 70.9 cm³/mol. The third-order valence-corrected chi connectivity index (χ3v) is 2.70. The summed E-state index contributed by atoms with van der Waals surface area (Å²) in [5.74, 6) is 0. The fourth-order valence-corrected chi connectivity index (χ4v) is 1.79. The highest BCUT2D eigenvalue weighted by molar-refractivity contribution is 5.85. The first-order valence-corrected chi connectivity index (χ1v) is 5.89. The Hall–Kier alpha value is -1.26. The van der Waals surface area contributed by atoms with Crippen LogP contribution >= 0.6 is 12.4 Å². The molecule has 1 atom stereocenters. The van der Waals surface area contributed by atoms with Crippen LogP contribution in [-0.4, -0.2) is 25.3 Å². The van der Waals surface area contributed by atoms with E-state index in [2.05, 4.69) is 5.32 Å². The first-order chi connectivity index (χ1) is 8.34. The molecule has 1 unspecified atom stereocenters. The lowest BCUT2D eigenvalue weighted by Crippen LogP contribution is -2.40. The number of amides is 1. The van der Waals surface area contributed by atoms with E-state index >= 15 is 0 Å². The second-order valence-corrected chi connectivity index (χ2v) is 4.12. The van der Waals surface area contributed by atoms with Crippen LogP contribution in [0.15, 0.2) is 30.3 Å². The Labute approximate surface area is 113 Å². The van der Waals surface area contributed by atoms with Crippen LogP contribution in [0.2, 0.25) is 0 Å². The van der Waals surface area contributed by atoms with E-state index in [1.54, 1.807) is 0 Å². The molecule has 0 spiro atoms. The largest absolute Gasteiger partial charge is 0.445 e. The average Bonchev–Trinajstić information content (AvgIpc) is 2.39. The van der Waals surface area contributed by atoms with E-state index in [1.807, 2.05) is 30.3 Å². The molecular formula is C13H18ClNO3. The fourth-order valence-electron chi connectivity index (χ4n) is 1.79. The van der Waals surface area contributed by atoms with Crippen molar-refractivity contribution < 1.29 is 14.3 Å². The number of carbonyl (C=O) groups excluding carboxylic acids is 1. The zero-order valence-corrected chi connectivity index (χ0v) is 10.9. The molecule has 0 aliphatic carbocycles. The number of carbonyl (C=O) groups is 1. The number of halogens is 1. The molecule has 1 saturated heterocycles. The van der Waals surface area contributed by atoms with E-state index in [-0.39, 0.29) is 24.5 Å². The summed E-state index contributed by atoms with van der Waals surface area (Å²) in [6.45, 7) is 1.68. The van der Waals surface area contributed by atoms with Crippen molar-refractivity contribution in [1.82, 2.24) is 5.32 Å². The van der Waals surface area contributed by atoms with Crippen LogP contribution in [0, 0.1) is 0 Å².